The van der Waals surface area contributed by atoms with Crippen LogP contribution in [0.1, 0.15) is 10.4 Å². The van der Waals surface area contributed by atoms with Crippen LogP contribution in [-0.2, 0) is 19.5 Å². The van der Waals surface area contributed by atoms with E-state index in [2.05, 4.69) is 0 Å². The van der Waals surface area contributed by atoms with Crippen molar-refractivity contribution < 1.29 is 34.9 Å². The van der Waals surface area contributed by atoms with Gasteiger partial charge in [-0.25, -0.2) is 4.79 Å². The van der Waals surface area contributed by atoms with Crippen molar-refractivity contribution in [2.45, 2.75) is 0 Å². The van der Waals surface area contributed by atoms with Gasteiger partial charge in [0.1, 0.15) is 0 Å². The fourth-order valence-electron chi connectivity index (χ4n) is 1.32. The summed E-state index contributed by atoms with van der Waals surface area (Å²) >= 11 is 0. The monoisotopic (exact) mass is 254 g/mol. The van der Waals surface area contributed by atoms with Gasteiger partial charge in [-0.1, -0.05) is 30.3 Å². The van der Waals surface area contributed by atoms with Gasteiger partial charge in [0.05, 0.1) is 5.56 Å². The van der Waals surface area contributed by atoms with Crippen LogP contribution in [0.15, 0.2) is 42.5 Å². The number of carboxylic acids is 1. The van der Waals surface area contributed by atoms with Crippen molar-refractivity contribution in [2.24, 2.45) is 0 Å². The molecular formula is C11H10O3Zn. The molecule has 0 unspecified atom stereocenters. The quantitative estimate of drug-likeness (QED) is 0.788. The van der Waals surface area contributed by atoms with Gasteiger partial charge in [0.2, 0.25) is 0 Å². The first-order valence-corrected chi connectivity index (χ1v) is 3.99. The average molecular weight is 256 g/mol. The molecule has 0 saturated carbocycles. The topological polar surface area (TPSA) is 68.8 Å². The molecular weight excluding hydrogens is 246 g/mol. The molecule has 0 aliphatic rings. The van der Waals surface area contributed by atoms with E-state index in [1.165, 1.54) is 0 Å². The molecule has 4 heteroatoms. The molecule has 3 nitrogen and oxygen atoms in total. The molecule has 2 aromatic rings. The van der Waals surface area contributed by atoms with Crippen LogP contribution in [0.2, 0.25) is 0 Å². The standard InChI is InChI=1S/C11H8O2.H2O.Zn/c12-11(13)10-6-5-8-3-1-2-4-9(8)7-10;;/h1-7H,(H,12,13);1H2;. The molecule has 0 bridgehead atoms. The Bertz CT molecular complexity index is 468. The Kier molecular flexibility index (Phi) is 5.13. The number of rotatable bonds is 1. The third-order valence-electron chi connectivity index (χ3n) is 2.00. The molecule has 15 heavy (non-hydrogen) atoms. The molecule has 74 valence electrons. The molecule has 0 aliphatic carbocycles. The Morgan fingerprint density at radius 3 is 2.20 bits per heavy atom. The van der Waals surface area contributed by atoms with Gasteiger partial charge in [-0.05, 0) is 22.9 Å². The number of fused-ring (bicyclic) bond motifs is 1. The number of aromatic carboxylic acids is 1. The molecule has 0 aromatic heterocycles. The van der Waals surface area contributed by atoms with Crippen molar-refractivity contribution in [3.05, 3.63) is 48.0 Å². The molecule has 0 atom stereocenters. The molecule has 0 aliphatic heterocycles. The first-order valence-electron chi connectivity index (χ1n) is 3.99. The van der Waals surface area contributed by atoms with Gasteiger partial charge in [0, 0.05) is 19.5 Å². The number of carboxylic acid groups (broad SMARTS) is 1. The summed E-state index contributed by atoms with van der Waals surface area (Å²) in [5.41, 5.74) is 0.332. The maximum Gasteiger partial charge on any atom is 0.335 e. The minimum Gasteiger partial charge on any atom is -0.478 e. The van der Waals surface area contributed by atoms with E-state index in [-0.39, 0.29) is 25.0 Å². The molecule has 0 spiro atoms. The van der Waals surface area contributed by atoms with E-state index < -0.39 is 5.97 Å². The zero-order chi connectivity index (χ0) is 9.26. The van der Waals surface area contributed by atoms with Crippen molar-refractivity contribution in [3.63, 3.8) is 0 Å². The maximum absolute atomic E-state index is 10.6. The van der Waals surface area contributed by atoms with Crippen molar-refractivity contribution in [2.75, 3.05) is 0 Å². The van der Waals surface area contributed by atoms with Crippen LogP contribution in [0.25, 0.3) is 10.8 Å². The van der Waals surface area contributed by atoms with Crippen LogP contribution in [0.5, 0.6) is 0 Å². The maximum atomic E-state index is 10.6. The molecule has 0 saturated heterocycles. The van der Waals surface area contributed by atoms with Gasteiger partial charge < -0.3 is 10.6 Å². The predicted molar refractivity (Wildman–Crippen MR) is 54.5 cm³/mol. The Labute approximate surface area is 99.8 Å². The van der Waals surface area contributed by atoms with Crippen molar-refractivity contribution in [3.8, 4) is 0 Å². The number of hydrogen-bond acceptors (Lipinski definition) is 1. The summed E-state index contributed by atoms with van der Waals surface area (Å²) in [5, 5.41) is 10.8. The van der Waals surface area contributed by atoms with E-state index in [1.54, 1.807) is 12.1 Å². The average Bonchev–Trinajstić information content (AvgIpc) is 2.17. The molecule has 0 amide bonds. The van der Waals surface area contributed by atoms with Crippen LogP contribution < -0.4 is 0 Å². The Morgan fingerprint density at radius 1 is 1.00 bits per heavy atom. The summed E-state index contributed by atoms with van der Waals surface area (Å²) in [5.74, 6) is -0.884. The minimum atomic E-state index is -0.884. The zero-order valence-electron chi connectivity index (χ0n) is 8.10. The molecule has 0 heterocycles. The fraction of sp³-hybridized carbons (Fsp3) is 0. The van der Waals surface area contributed by atoms with Gasteiger partial charge in [-0.2, -0.15) is 0 Å². The third kappa shape index (κ3) is 2.85. The SMILES string of the molecule is O.O=C(O)c1ccc2ccccc2c1.[Zn]. The van der Waals surface area contributed by atoms with E-state index in [9.17, 15) is 4.79 Å². The second kappa shape index (κ2) is 5.59. The van der Waals surface area contributed by atoms with E-state index in [0.717, 1.165) is 10.8 Å². The van der Waals surface area contributed by atoms with Gasteiger partial charge >= 0.3 is 5.97 Å². The van der Waals surface area contributed by atoms with Gasteiger partial charge in [-0.15, -0.1) is 0 Å². The minimum absolute atomic E-state index is 0. The number of carbonyl (C=O) groups is 1. The predicted octanol–water partition coefficient (Wildman–Crippen LogP) is 1.71. The summed E-state index contributed by atoms with van der Waals surface area (Å²) < 4.78 is 0. The number of hydrogen-bond donors (Lipinski definition) is 1. The van der Waals surface area contributed by atoms with Crippen LogP contribution in [0.4, 0.5) is 0 Å². The summed E-state index contributed by atoms with van der Waals surface area (Å²) in [6, 6.07) is 12.8. The van der Waals surface area contributed by atoms with E-state index in [4.69, 9.17) is 5.11 Å². The summed E-state index contributed by atoms with van der Waals surface area (Å²) in [6.45, 7) is 0. The number of benzene rings is 2. The summed E-state index contributed by atoms with van der Waals surface area (Å²) in [4.78, 5) is 10.6. The first-order chi connectivity index (χ1) is 6.27. The van der Waals surface area contributed by atoms with Crippen LogP contribution >= 0.6 is 0 Å². The normalized spacial score (nSPS) is 8.80. The Balaban J connectivity index is 0.000000980. The Hall–Kier alpha value is -1.25. The molecule has 2 rings (SSSR count). The molecule has 3 N–H and O–H groups in total. The van der Waals surface area contributed by atoms with Gasteiger partial charge in [0.25, 0.3) is 0 Å². The smallest absolute Gasteiger partial charge is 0.335 e. The summed E-state index contributed by atoms with van der Waals surface area (Å²) in [7, 11) is 0. The van der Waals surface area contributed by atoms with Crippen molar-refractivity contribution >= 4 is 16.7 Å². The van der Waals surface area contributed by atoms with E-state index >= 15 is 0 Å². The third-order valence-corrected chi connectivity index (χ3v) is 2.00. The Morgan fingerprint density at radius 2 is 1.60 bits per heavy atom. The van der Waals surface area contributed by atoms with Gasteiger partial charge in [0.15, 0.2) is 0 Å². The van der Waals surface area contributed by atoms with Crippen LogP contribution in [-0.4, -0.2) is 16.6 Å². The second-order valence-corrected chi connectivity index (χ2v) is 2.87. The van der Waals surface area contributed by atoms with E-state index in [1.807, 2.05) is 30.3 Å². The van der Waals surface area contributed by atoms with Gasteiger partial charge in [-0.3, -0.25) is 0 Å². The first kappa shape index (κ1) is 13.8. The van der Waals surface area contributed by atoms with Crippen molar-refractivity contribution in [1.82, 2.24) is 0 Å². The molecule has 2 aromatic carbocycles. The van der Waals surface area contributed by atoms with Crippen molar-refractivity contribution in [1.29, 1.82) is 0 Å². The largest absolute Gasteiger partial charge is 0.478 e. The van der Waals surface area contributed by atoms with Crippen LogP contribution in [0.3, 0.4) is 0 Å². The summed E-state index contributed by atoms with van der Waals surface area (Å²) in [6.07, 6.45) is 0. The van der Waals surface area contributed by atoms with Crippen LogP contribution in [0, 0.1) is 0 Å². The fourth-order valence-corrected chi connectivity index (χ4v) is 1.32. The zero-order valence-corrected chi connectivity index (χ0v) is 11.1. The molecule has 0 fully saturated rings. The molecule has 0 radical (unpaired) electrons. The van der Waals surface area contributed by atoms with E-state index in [0.29, 0.717) is 5.56 Å². The second-order valence-electron chi connectivity index (χ2n) is 2.87.